The number of carbonyl (C=O) groups is 1. The molecule has 0 aliphatic carbocycles. The lowest BCUT2D eigenvalue weighted by molar-refractivity contribution is -0.137. The van der Waals surface area contributed by atoms with Gasteiger partial charge in [-0.15, -0.1) is 0 Å². The number of anilines is 1. The number of nitrogen functional groups attached to an aromatic ring is 1. The molecule has 0 unspecified atom stereocenters. The lowest BCUT2D eigenvalue weighted by Gasteiger charge is -2.10. The van der Waals surface area contributed by atoms with Crippen molar-refractivity contribution in [2.45, 2.75) is 25.9 Å². The predicted molar refractivity (Wildman–Crippen MR) is 61.0 cm³/mol. The second kappa shape index (κ2) is 5.75. The van der Waals surface area contributed by atoms with Crippen molar-refractivity contribution in [3.05, 3.63) is 29.3 Å². The molecule has 1 aromatic carbocycles. The molecular formula is C12H14F3NO2. The van der Waals surface area contributed by atoms with Gasteiger partial charge in [-0.05, 0) is 24.6 Å². The van der Waals surface area contributed by atoms with E-state index >= 15 is 0 Å². The van der Waals surface area contributed by atoms with Gasteiger partial charge >= 0.3 is 12.1 Å². The fourth-order valence-electron chi connectivity index (χ4n) is 1.30. The topological polar surface area (TPSA) is 52.3 Å². The second-order valence-corrected chi connectivity index (χ2v) is 3.79. The summed E-state index contributed by atoms with van der Waals surface area (Å²) in [6.07, 6.45) is -3.03. The summed E-state index contributed by atoms with van der Waals surface area (Å²) < 4.78 is 42.3. The van der Waals surface area contributed by atoms with Gasteiger partial charge in [-0.2, -0.15) is 13.2 Å². The van der Waals surface area contributed by atoms with Gasteiger partial charge in [-0.1, -0.05) is 13.3 Å². The minimum Gasteiger partial charge on any atom is -0.462 e. The SMILES string of the molecule is CCCCOC(=O)c1cc(C(F)(F)F)ccc1N. The summed E-state index contributed by atoms with van der Waals surface area (Å²) >= 11 is 0. The largest absolute Gasteiger partial charge is 0.462 e. The van der Waals surface area contributed by atoms with E-state index in [1.54, 1.807) is 0 Å². The average molecular weight is 261 g/mol. The number of rotatable bonds is 4. The average Bonchev–Trinajstić information content (AvgIpc) is 2.28. The van der Waals surface area contributed by atoms with Crippen LogP contribution in [-0.4, -0.2) is 12.6 Å². The Labute approximate surface area is 103 Å². The first kappa shape index (κ1) is 14.3. The van der Waals surface area contributed by atoms with E-state index in [4.69, 9.17) is 10.5 Å². The highest BCUT2D eigenvalue weighted by molar-refractivity contribution is 5.95. The molecule has 0 saturated carbocycles. The van der Waals surface area contributed by atoms with Gasteiger partial charge in [0.2, 0.25) is 0 Å². The van der Waals surface area contributed by atoms with Gasteiger partial charge in [0.1, 0.15) is 0 Å². The van der Waals surface area contributed by atoms with E-state index in [1.807, 2.05) is 6.92 Å². The molecule has 6 heteroatoms. The number of carbonyl (C=O) groups excluding carboxylic acids is 1. The van der Waals surface area contributed by atoms with Crippen molar-refractivity contribution >= 4 is 11.7 Å². The van der Waals surface area contributed by atoms with E-state index in [2.05, 4.69) is 0 Å². The van der Waals surface area contributed by atoms with Crippen LogP contribution < -0.4 is 5.73 Å². The zero-order valence-electron chi connectivity index (χ0n) is 9.88. The minimum atomic E-state index is -4.51. The first-order valence-electron chi connectivity index (χ1n) is 5.50. The quantitative estimate of drug-likeness (QED) is 0.514. The number of halogens is 3. The summed E-state index contributed by atoms with van der Waals surface area (Å²) in [6, 6.07) is 2.60. The van der Waals surface area contributed by atoms with Crippen LogP contribution in [0.2, 0.25) is 0 Å². The van der Waals surface area contributed by atoms with Crippen LogP contribution in [0.1, 0.15) is 35.7 Å². The number of alkyl halides is 3. The van der Waals surface area contributed by atoms with E-state index in [0.717, 1.165) is 18.6 Å². The molecule has 0 aliphatic rings. The van der Waals surface area contributed by atoms with Crippen LogP contribution in [0.15, 0.2) is 18.2 Å². The maximum atomic E-state index is 12.5. The Morgan fingerprint density at radius 1 is 1.39 bits per heavy atom. The number of benzene rings is 1. The first-order chi connectivity index (χ1) is 8.36. The molecule has 0 amide bonds. The molecule has 0 spiro atoms. The smallest absolute Gasteiger partial charge is 0.416 e. The second-order valence-electron chi connectivity index (χ2n) is 3.79. The third-order valence-electron chi connectivity index (χ3n) is 2.33. The summed E-state index contributed by atoms with van der Waals surface area (Å²) in [5.41, 5.74) is 4.28. The highest BCUT2D eigenvalue weighted by Crippen LogP contribution is 2.31. The Balaban J connectivity index is 2.90. The maximum Gasteiger partial charge on any atom is 0.416 e. The molecule has 0 aromatic heterocycles. The van der Waals surface area contributed by atoms with Crippen LogP contribution in [0, 0.1) is 0 Å². The number of hydrogen-bond donors (Lipinski definition) is 1. The van der Waals surface area contributed by atoms with Gasteiger partial charge in [-0.3, -0.25) is 0 Å². The molecule has 0 saturated heterocycles. The number of esters is 1. The molecule has 3 nitrogen and oxygen atoms in total. The molecule has 0 fully saturated rings. The summed E-state index contributed by atoms with van der Waals surface area (Å²) in [5, 5.41) is 0. The molecule has 0 atom stereocenters. The van der Waals surface area contributed by atoms with Crippen molar-refractivity contribution in [1.29, 1.82) is 0 Å². The summed E-state index contributed by atoms with van der Waals surface area (Å²) in [4.78, 5) is 11.5. The van der Waals surface area contributed by atoms with Crippen molar-refractivity contribution in [1.82, 2.24) is 0 Å². The molecule has 2 N–H and O–H groups in total. The normalized spacial score (nSPS) is 11.3. The molecule has 0 radical (unpaired) electrons. The van der Waals surface area contributed by atoms with Crippen molar-refractivity contribution in [3.8, 4) is 0 Å². The van der Waals surface area contributed by atoms with E-state index < -0.39 is 17.7 Å². The Kier molecular flexibility index (Phi) is 4.58. The van der Waals surface area contributed by atoms with Crippen molar-refractivity contribution in [2.24, 2.45) is 0 Å². The highest BCUT2D eigenvalue weighted by Gasteiger charge is 2.31. The van der Waals surface area contributed by atoms with Gasteiger partial charge in [-0.25, -0.2) is 4.79 Å². The fourth-order valence-corrected chi connectivity index (χ4v) is 1.30. The zero-order valence-corrected chi connectivity index (χ0v) is 9.88. The highest BCUT2D eigenvalue weighted by atomic mass is 19.4. The van der Waals surface area contributed by atoms with E-state index in [9.17, 15) is 18.0 Å². The van der Waals surface area contributed by atoms with E-state index in [0.29, 0.717) is 12.5 Å². The Morgan fingerprint density at radius 2 is 2.06 bits per heavy atom. The summed E-state index contributed by atoms with van der Waals surface area (Å²) in [6.45, 7) is 2.08. The Morgan fingerprint density at radius 3 is 2.61 bits per heavy atom. The third kappa shape index (κ3) is 3.65. The van der Waals surface area contributed by atoms with Crippen LogP contribution in [-0.2, 0) is 10.9 Å². The lowest BCUT2D eigenvalue weighted by Crippen LogP contribution is -2.12. The first-order valence-corrected chi connectivity index (χ1v) is 5.50. The van der Waals surface area contributed by atoms with Crippen molar-refractivity contribution in [3.63, 3.8) is 0 Å². The molecule has 1 aromatic rings. The molecule has 1 rings (SSSR count). The molecule has 100 valence electrons. The van der Waals surface area contributed by atoms with Crippen LogP contribution in [0.5, 0.6) is 0 Å². The standard InChI is InChI=1S/C12H14F3NO2/c1-2-3-6-18-11(17)9-7-8(12(13,14)15)4-5-10(9)16/h4-5,7H,2-3,6,16H2,1H3. The van der Waals surface area contributed by atoms with Crippen LogP contribution >= 0.6 is 0 Å². The van der Waals surface area contributed by atoms with Gasteiger partial charge in [0.25, 0.3) is 0 Å². The van der Waals surface area contributed by atoms with E-state index in [-0.39, 0.29) is 17.9 Å². The molecule has 18 heavy (non-hydrogen) atoms. The molecule has 0 heterocycles. The third-order valence-corrected chi connectivity index (χ3v) is 2.33. The maximum absolute atomic E-state index is 12.5. The monoisotopic (exact) mass is 261 g/mol. The van der Waals surface area contributed by atoms with Crippen molar-refractivity contribution < 1.29 is 22.7 Å². The Hall–Kier alpha value is -1.72. The number of nitrogens with two attached hydrogens (primary N) is 1. The molecular weight excluding hydrogens is 247 g/mol. The fraction of sp³-hybridized carbons (Fsp3) is 0.417. The summed E-state index contributed by atoms with van der Waals surface area (Å²) in [5.74, 6) is -0.827. The van der Waals surface area contributed by atoms with Crippen molar-refractivity contribution in [2.75, 3.05) is 12.3 Å². The zero-order chi connectivity index (χ0) is 13.8. The van der Waals surface area contributed by atoms with Crippen LogP contribution in [0.25, 0.3) is 0 Å². The van der Waals surface area contributed by atoms with Gasteiger partial charge < -0.3 is 10.5 Å². The summed E-state index contributed by atoms with van der Waals surface area (Å²) in [7, 11) is 0. The van der Waals surface area contributed by atoms with Gasteiger partial charge in [0.15, 0.2) is 0 Å². The Bertz CT molecular complexity index is 430. The van der Waals surface area contributed by atoms with E-state index in [1.165, 1.54) is 0 Å². The molecule has 0 bridgehead atoms. The van der Waals surface area contributed by atoms with Crippen LogP contribution in [0.3, 0.4) is 0 Å². The minimum absolute atomic E-state index is 0.0236. The lowest BCUT2D eigenvalue weighted by atomic mass is 10.1. The predicted octanol–water partition coefficient (Wildman–Crippen LogP) is 3.24. The molecule has 0 aliphatic heterocycles. The van der Waals surface area contributed by atoms with Gasteiger partial charge in [0, 0.05) is 5.69 Å². The number of ether oxygens (including phenoxy) is 1. The number of unbranched alkanes of at least 4 members (excludes halogenated alkanes) is 1. The number of hydrogen-bond acceptors (Lipinski definition) is 3. The van der Waals surface area contributed by atoms with Gasteiger partial charge in [0.05, 0.1) is 17.7 Å². The van der Waals surface area contributed by atoms with Crippen LogP contribution in [0.4, 0.5) is 18.9 Å².